The third kappa shape index (κ3) is 4.34. The molecule has 0 radical (unpaired) electrons. The number of nitrogens with zero attached hydrogens (tertiary/aromatic N) is 3. The van der Waals surface area contributed by atoms with Gasteiger partial charge in [-0.3, -0.25) is 20.2 Å². The van der Waals surface area contributed by atoms with Gasteiger partial charge in [-0.2, -0.15) is 0 Å². The Balaban J connectivity index is 1.49. The van der Waals surface area contributed by atoms with Gasteiger partial charge >= 0.3 is 0 Å². The van der Waals surface area contributed by atoms with Crippen molar-refractivity contribution in [3.8, 4) is 11.1 Å². The first-order chi connectivity index (χ1) is 16.9. The maximum Gasteiger partial charge on any atom is 0.269 e. The third-order valence-electron chi connectivity index (χ3n) is 6.28. The Bertz CT molecular complexity index is 1360. The van der Waals surface area contributed by atoms with Crippen molar-refractivity contribution in [3.05, 3.63) is 133 Å². The molecule has 0 heterocycles. The quantitative estimate of drug-likeness (QED) is 0.273. The molecule has 0 aromatic heterocycles. The molecule has 8 heteroatoms. The molecule has 1 atom stereocenters. The van der Waals surface area contributed by atoms with E-state index in [0.29, 0.717) is 13.1 Å². The van der Waals surface area contributed by atoms with E-state index in [4.69, 9.17) is 0 Å². The van der Waals surface area contributed by atoms with E-state index in [1.54, 1.807) is 24.3 Å². The van der Waals surface area contributed by atoms with Crippen LogP contribution in [0, 0.1) is 20.2 Å². The van der Waals surface area contributed by atoms with Crippen LogP contribution in [0.3, 0.4) is 0 Å². The molecule has 174 valence electrons. The SMILES string of the molecule is O=[N+]([O-])c1ccc(CN(Cc2ccc([N+](=O)[O-])cc2)c2ccc3c(c2)[C@H](O)c2ccccc2-3)cc1. The molecule has 0 saturated heterocycles. The Morgan fingerprint density at radius 1 is 0.686 bits per heavy atom. The first-order valence-electron chi connectivity index (χ1n) is 11.0. The summed E-state index contributed by atoms with van der Waals surface area (Å²) in [5.74, 6) is 0. The van der Waals surface area contributed by atoms with Gasteiger partial charge in [0, 0.05) is 43.0 Å². The van der Waals surface area contributed by atoms with E-state index < -0.39 is 16.0 Å². The molecule has 35 heavy (non-hydrogen) atoms. The summed E-state index contributed by atoms with van der Waals surface area (Å²) in [5, 5.41) is 33.0. The maximum atomic E-state index is 11.0. The standard InChI is InChI=1S/C27H21N3O5/c31-27-25-4-2-1-3-23(25)24-14-13-22(15-26(24)27)28(16-18-5-9-20(10-6-18)29(32)33)17-19-7-11-21(12-8-19)30(34)35/h1-15,27,31H,16-17H2/t27-/m1/s1. The molecule has 1 aliphatic carbocycles. The van der Waals surface area contributed by atoms with Crippen LogP contribution in [-0.2, 0) is 13.1 Å². The number of nitro groups is 2. The highest BCUT2D eigenvalue weighted by molar-refractivity contribution is 5.80. The lowest BCUT2D eigenvalue weighted by Crippen LogP contribution is -2.22. The molecule has 4 aromatic rings. The van der Waals surface area contributed by atoms with Crippen molar-refractivity contribution in [2.24, 2.45) is 0 Å². The molecule has 0 bridgehead atoms. The summed E-state index contributed by atoms with van der Waals surface area (Å²) in [6.07, 6.45) is -0.721. The van der Waals surface area contributed by atoms with Crippen LogP contribution in [0.1, 0.15) is 28.4 Å². The Morgan fingerprint density at radius 2 is 1.20 bits per heavy atom. The number of aliphatic hydroxyl groups is 1. The second-order valence-electron chi connectivity index (χ2n) is 8.46. The average molecular weight is 467 g/mol. The van der Waals surface area contributed by atoms with Gasteiger partial charge in [-0.25, -0.2) is 0 Å². The Labute approximate surface area is 201 Å². The van der Waals surface area contributed by atoms with Crippen LogP contribution < -0.4 is 4.90 Å². The first kappa shape index (κ1) is 22.2. The smallest absolute Gasteiger partial charge is 0.269 e. The van der Waals surface area contributed by atoms with Crippen LogP contribution in [0.2, 0.25) is 0 Å². The van der Waals surface area contributed by atoms with Crippen molar-refractivity contribution >= 4 is 17.1 Å². The summed E-state index contributed by atoms with van der Waals surface area (Å²) in [6.45, 7) is 0.910. The highest BCUT2D eigenvalue weighted by Gasteiger charge is 2.27. The highest BCUT2D eigenvalue weighted by Crippen LogP contribution is 2.44. The second kappa shape index (κ2) is 9.00. The van der Waals surface area contributed by atoms with E-state index in [0.717, 1.165) is 39.1 Å². The van der Waals surface area contributed by atoms with Gasteiger partial charge in [0.25, 0.3) is 11.4 Å². The summed E-state index contributed by atoms with van der Waals surface area (Å²) < 4.78 is 0. The van der Waals surface area contributed by atoms with Gasteiger partial charge < -0.3 is 10.0 Å². The number of fused-ring (bicyclic) bond motifs is 3. The summed E-state index contributed by atoms with van der Waals surface area (Å²) in [4.78, 5) is 23.3. The van der Waals surface area contributed by atoms with E-state index in [1.165, 1.54) is 24.3 Å². The summed E-state index contributed by atoms with van der Waals surface area (Å²) >= 11 is 0. The monoisotopic (exact) mass is 467 g/mol. The van der Waals surface area contributed by atoms with Gasteiger partial charge in [0.2, 0.25) is 0 Å². The minimum atomic E-state index is -0.721. The fourth-order valence-electron chi connectivity index (χ4n) is 4.49. The van der Waals surface area contributed by atoms with Crippen molar-refractivity contribution in [3.63, 3.8) is 0 Å². The minimum absolute atomic E-state index is 0.0223. The Morgan fingerprint density at radius 3 is 1.74 bits per heavy atom. The molecule has 1 N–H and O–H groups in total. The van der Waals surface area contributed by atoms with Gasteiger partial charge in [-0.05, 0) is 45.5 Å². The average Bonchev–Trinajstić information content (AvgIpc) is 3.16. The van der Waals surface area contributed by atoms with Gasteiger partial charge in [-0.15, -0.1) is 0 Å². The number of non-ortho nitro benzene ring substituents is 2. The molecule has 0 spiro atoms. The number of hydrogen-bond acceptors (Lipinski definition) is 6. The predicted octanol–water partition coefficient (Wildman–Crippen LogP) is 5.77. The predicted molar refractivity (Wildman–Crippen MR) is 132 cm³/mol. The van der Waals surface area contributed by atoms with Crippen LogP contribution in [0.15, 0.2) is 91.0 Å². The molecule has 5 rings (SSSR count). The molecule has 0 fully saturated rings. The third-order valence-corrected chi connectivity index (χ3v) is 6.28. The zero-order valence-corrected chi connectivity index (χ0v) is 18.6. The van der Waals surface area contributed by atoms with Crippen molar-refractivity contribution in [2.45, 2.75) is 19.2 Å². The minimum Gasteiger partial charge on any atom is -0.384 e. The van der Waals surface area contributed by atoms with E-state index >= 15 is 0 Å². The van der Waals surface area contributed by atoms with E-state index in [9.17, 15) is 25.3 Å². The molecular formula is C27H21N3O5. The van der Waals surface area contributed by atoms with Crippen LogP contribution in [0.5, 0.6) is 0 Å². The molecule has 0 amide bonds. The largest absolute Gasteiger partial charge is 0.384 e. The molecule has 0 unspecified atom stereocenters. The van der Waals surface area contributed by atoms with Crippen molar-refractivity contribution in [2.75, 3.05) is 4.90 Å². The number of anilines is 1. The number of nitro benzene ring substituents is 2. The van der Waals surface area contributed by atoms with E-state index in [2.05, 4.69) is 4.90 Å². The number of hydrogen-bond donors (Lipinski definition) is 1. The van der Waals surface area contributed by atoms with Crippen molar-refractivity contribution < 1.29 is 15.0 Å². The van der Waals surface area contributed by atoms with Gasteiger partial charge in [0.1, 0.15) is 6.10 Å². The molecular weight excluding hydrogens is 446 g/mol. The second-order valence-corrected chi connectivity index (χ2v) is 8.46. The Hall–Kier alpha value is -4.56. The van der Waals surface area contributed by atoms with E-state index in [1.807, 2.05) is 42.5 Å². The van der Waals surface area contributed by atoms with Crippen LogP contribution >= 0.6 is 0 Å². The number of benzene rings is 4. The zero-order chi connectivity index (χ0) is 24.5. The van der Waals surface area contributed by atoms with E-state index in [-0.39, 0.29) is 11.4 Å². The Kier molecular flexibility index (Phi) is 5.72. The van der Waals surface area contributed by atoms with Crippen molar-refractivity contribution in [1.29, 1.82) is 0 Å². The van der Waals surface area contributed by atoms with Gasteiger partial charge in [-0.1, -0.05) is 54.6 Å². The fourth-order valence-corrected chi connectivity index (χ4v) is 4.49. The molecule has 0 saturated carbocycles. The highest BCUT2D eigenvalue weighted by atomic mass is 16.6. The topological polar surface area (TPSA) is 110 Å². The summed E-state index contributed by atoms with van der Waals surface area (Å²) in [6, 6.07) is 26.5. The lowest BCUT2D eigenvalue weighted by Gasteiger charge is -2.26. The van der Waals surface area contributed by atoms with Crippen molar-refractivity contribution in [1.82, 2.24) is 0 Å². The van der Waals surface area contributed by atoms with Crippen LogP contribution in [0.25, 0.3) is 11.1 Å². The summed E-state index contributed by atoms with van der Waals surface area (Å²) in [5.41, 5.74) is 6.36. The molecule has 1 aliphatic rings. The zero-order valence-electron chi connectivity index (χ0n) is 18.6. The maximum absolute atomic E-state index is 11.0. The summed E-state index contributed by atoms with van der Waals surface area (Å²) in [7, 11) is 0. The fraction of sp³-hybridized carbons (Fsp3) is 0.111. The normalized spacial score (nSPS) is 13.7. The van der Waals surface area contributed by atoms with Gasteiger partial charge in [0.05, 0.1) is 9.85 Å². The van der Waals surface area contributed by atoms with Gasteiger partial charge in [0.15, 0.2) is 0 Å². The molecule has 8 nitrogen and oxygen atoms in total. The number of rotatable bonds is 7. The van der Waals surface area contributed by atoms with Crippen LogP contribution in [0.4, 0.5) is 17.1 Å². The lowest BCUT2D eigenvalue weighted by molar-refractivity contribution is -0.385. The number of aliphatic hydroxyl groups excluding tert-OH is 1. The lowest BCUT2D eigenvalue weighted by atomic mass is 10.0. The molecule has 0 aliphatic heterocycles. The van der Waals surface area contributed by atoms with Crippen LogP contribution in [-0.4, -0.2) is 15.0 Å². The first-order valence-corrected chi connectivity index (χ1v) is 11.0. The molecule has 4 aromatic carbocycles.